The van der Waals surface area contributed by atoms with Crippen molar-refractivity contribution in [2.75, 3.05) is 36.4 Å². The van der Waals surface area contributed by atoms with E-state index in [4.69, 9.17) is 4.52 Å². The number of nitrogens with zero attached hydrogens (tertiary/aromatic N) is 5. The van der Waals surface area contributed by atoms with Crippen LogP contribution in [0.4, 0.5) is 15.9 Å². The Morgan fingerprint density at radius 3 is 2.70 bits per heavy atom. The number of nitrogens with one attached hydrogen (secondary N) is 1. The third-order valence-electron chi connectivity index (χ3n) is 5.18. The van der Waals surface area contributed by atoms with E-state index < -0.39 is 0 Å². The second-order valence-corrected chi connectivity index (χ2v) is 7.22. The lowest BCUT2D eigenvalue weighted by molar-refractivity contribution is -0.120. The van der Waals surface area contributed by atoms with Gasteiger partial charge in [-0.15, -0.1) is 0 Å². The Labute approximate surface area is 173 Å². The molecule has 1 aliphatic rings. The number of aryl methyl sites for hydroxylation is 1. The first-order valence-corrected chi connectivity index (χ1v) is 9.82. The van der Waals surface area contributed by atoms with Crippen molar-refractivity contribution in [2.45, 2.75) is 19.9 Å². The highest BCUT2D eigenvalue weighted by Crippen LogP contribution is 2.28. The monoisotopic (exact) mass is 410 g/mol. The predicted molar refractivity (Wildman–Crippen MR) is 111 cm³/mol. The number of piperazine rings is 1. The lowest BCUT2D eigenvalue weighted by Crippen LogP contribution is -2.53. The fraction of sp³-hybridized carbons (Fsp3) is 0.333. The van der Waals surface area contributed by atoms with Crippen LogP contribution >= 0.6 is 0 Å². The van der Waals surface area contributed by atoms with E-state index in [0.717, 1.165) is 11.4 Å². The quantitative estimate of drug-likeness (QED) is 0.692. The van der Waals surface area contributed by atoms with Gasteiger partial charge in [-0.05, 0) is 44.2 Å². The molecule has 9 heteroatoms. The van der Waals surface area contributed by atoms with Crippen LogP contribution in [-0.2, 0) is 4.79 Å². The van der Waals surface area contributed by atoms with E-state index in [9.17, 15) is 9.18 Å². The largest absolute Gasteiger partial charge is 0.353 e. The Morgan fingerprint density at radius 1 is 1.20 bits per heavy atom. The second kappa shape index (κ2) is 8.58. The molecule has 0 saturated carbocycles. The van der Waals surface area contributed by atoms with Gasteiger partial charge >= 0.3 is 0 Å². The second-order valence-electron chi connectivity index (χ2n) is 7.22. The van der Waals surface area contributed by atoms with E-state index in [2.05, 4.69) is 30.2 Å². The van der Waals surface area contributed by atoms with Crippen LogP contribution in [0, 0.1) is 12.7 Å². The van der Waals surface area contributed by atoms with Gasteiger partial charge in [0.2, 0.25) is 5.91 Å². The maximum atomic E-state index is 13.3. The highest BCUT2D eigenvalue weighted by atomic mass is 19.1. The van der Waals surface area contributed by atoms with Gasteiger partial charge in [-0.25, -0.2) is 9.37 Å². The smallest absolute Gasteiger partial charge is 0.261 e. The summed E-state index contributed by atoms with van der Waals surface area (Å²) >= 11 is 0. The van der Waals surface area contributed by atoms with Crippen molar-refractivity contribution < 1.29 is 13.7 Å². The summed E-state index contributed by atoms with van der Waals surface area (Å²) in [4.78, 5) is 25.7. The number of hydrogen-bond acceptors (Lipinski definition) is 7. The van der Waals surface area contributed by atoms with E-state index in [1.807, 2.05) is 19.1 Å². The molecule has 3 heterocycles. The number of aromatic nitrogens is 3. The molecule has 1 N–H and O–H groups in total. The topological polar surface area (TPSA) is 87.4 Å². The highest BCUT2D eigenvalue weighted by molar-refractivity contribution is 5.94. The van der Waals surface area contributed by atoms with Crippen LogP contribution < -0.4 is 10.2 Å². The summed E-state index contributed by atoms with van der Waals surface area (Å²) in [5, 5.41) is 6.65. The molecule has 0 aliphatic carbocycles. The van der Waals surface area contributed by atoms with Gasteiger partial charge in [0.1, 0.15) is 11.6 Å². The third kappa shape index (κ3) is 4.30. The Kier molecular flexibility index (Phi) is 5.71. The maximum absolute atomic E-state index is 13.3. The summed E-state index contributed by atoms with van der Waals surface area (Å²) in [5.74, 6) is 1.27. The number of halogens is 1. The van der Waals surface area contributed by atoms with Crippen LogP contribution in [0.2, 0.25) is 0 Å². The zero-order chi connectivity index (χ0) is 21.1. The van der Waals surface area contributed by atoms with Crippen LogP contribution in [0.25, 0.3) is 11.5 Å². The zero-order valence-corrected chi connectivity index (χ0v) is 16.9. The van der Waals surface area contributed by atoms with Gasteiger partial charge in [0.05, 0.1) is 11.6 Å². The number of benzene rings is 1. The van der Waals surface area contributed by atoms with Crippen LogP contribution in [0.15, 0.2) is 47.1 Å². The fourth-order valence-electron chi connectivity index (χ4n) is 3.52. The lowest BCUT2D eigenvalue weighted by atomic mass is 10.2. The first-order valence-electron chi connectivity index (χ1n) is 9.82. The Morgan fingerprint density at radius 2 is 2.00 bits per heavy atom. The van der Waals surface area contributed by atoms with Crippen molar-refractivity contribution in [3.63, 3.8) is 0 Å². The number of carbonyl (C=O) groups is 1. The molecule has 3 aromatic rings. The molecule has 1 aliphatic heterocycles. The summed E-state index contributed by atoms with van der Waals surface area (Å²) in [7, 11) is 0. The van der Waals surface area contributed by atoms with Crippen molar-refractivity contribution in [1.82, 2.24) is 20.0 Å². The van der Waals surface area contributed by atoms with E-state index in [1.165, 1.54) is 12.1 Å². The summed E-state index contributed by atoms with van der Waals surface area (Å²) in [6.07, 6.45) is 1.74. The number of pyridine rings is 1. The minimum absolute atomic E-state index is 0.158. The molecule has 1 saturated heterocycles. The Balaban J connectivity index is 1.40. The van der Waals surface area contributed by atoms with Gasteiger partial charge in [-0.3, -0.25) is 9.69 Å². The third-order valence-corrected chi connectivity index (χ3v) is 5.18. The maximum Gasteiger partial charge on any atom is 0.261 e. The first kappa shape index (κ1) is 20.0. The van der Waals surface area contributed by atoms with Gasteiger partial charge in [-0.1, -0.05) is 11.2 Å². The first-order chi connectivity index (χ1) is 14.5. The Hall–Kier alpha value is -3.33. The number of amides is 1. The van der Waals surface area contributed by atoms with E-state index in [1.54, 1.807) is 25.3 Å². The van der Waals surface area contributed by atoms with Crippen molar-refractivity contribution in [2.24, 2.45) is 0 Å². The van der Waals surface area contributed by atoms with Crippen LogP contribution in [-0.4, -0.2) is 58.2 Å². The average Bonchev–Trinajstić information content (AvgIpc) is 3.19. The molecule has 0 spiro atoms. The molecule has 4 rings (SSSR count). The average molecular weight is 410 g/mol. The van der Waals surface area contributed by atoms with E-state index in [-0.39, 0.29) is 17.8 Å². The number of rotatable bonds is 5. The molecule has 0 bridgehead atoms. The SMILES string of the molecule is Cc1noc(-c2cccnc2N2CCN(C(C)C(=O)Nc3cccc(F)c3)CC2)n1. The van der Waals surface area contributed by atoms with Crippen molar-refractivity contribution in [1.29, 1.82) is 0 Å². The van der Waals surface area contributed by atoms with Gasteiger partial charge < -0.3 is 14.7 Å². The number of carbonyl (C=O) groups excluding carboxylic acids is 1. The highest BCUT2D eigenvalue weighted by Gasteiger charge is 2.28. The standard InChI is InChI=1S/C21H23FN6O2/c1-14(20(29)25-17-6-3-5-16(22)13-17)27-9-11-28(12-10-27)19-18(7-4-8-23-19)21-24-15(2)26-30-21/h3-8,13-14H,9-12H2,1-2H3,(H,25,29). The molecule has 156 valence electrons. The molecular formula is C21H23FN6O2. The van der Waals surface area contributed by atoms with Gasteiger partial charge in [0.15, 0.2) is 5.82 Å². The van der Waals surface area contributed by atoms with E-state index in [0.29, 0.717) is 43.6 Å². The van der Waals surface area contributed by atoms with Gasteiger partial charge in [0, 0.05) is 38.1 Å². The molecule has 8 nitrogen and oxygen atoms in total. The number of hydrogen-bond donors (Lipinski definition) is 1. The molecule has 1 unspecified atom stereocenters. The summed E-state index contributed by atoms with van der Waals surface area (Å²) in [5.41, 5.74) is 1.25. The van der Waals surface area contributed by atoms with Crippen molar-refractivity contribution in [3.05, 3.63) is 54.2 Å². The summed E-state index contributed by atoms with van der Waals surface area (Å²) in [6, 6.07) is 9.32. The normalized spacial score (nSPS) is 15.8. The summed E-state index contributed by atoms with van der Waals surface area (Å²) < 4.78 is 18.7. The van der Waals surface area contributed by atoms with Crippen LogP contribution in [0.1, 0.15) is 12.7 Å². The van der Waals surface area contributed by atoms with Crippen LogP contribution in [0.5, 0.6) is 0 Å². The van der Waals surface area contributed by atoms with E-state index >= 15 is 0 Å². The molecule has 1 aromatic carbocycles. The molecular weight excluding hydrogens is 387 g/mol. The minimum Gasteiger partial charge on any atom is -0.353 e. The molecule has 1 amide bonds. The zero-order valence-electron chi connectivity index (χ0n) is 16.9. The summed E-state index contributed by atoms with van der Waals surface area (Å²) in [6.45, 7) is 6.42. The molecule has 30 heavy (non-hydrogen) atoms. The van der Waals surface area contributed by atoms with Gasteiger partial charge in [-0.2, -0.15) is 4.98 Å². The molecule has 1 fully saturated rings. The minimum atomic E-state index is -0.378. The van der Waals surface area contributed by atoms with Crippen LogP contribution in [0.3, 0.4) is 0 Å². The fourth-order valence-corrected chi connectivity index (χ4v) is 3.52. The molecule has 1 atom stereocenters. The lowest BCUT2D eigenvalue weighted by Gasteiger charge is -2.38. The predicted octanol–water partition coefficient (Wildman–Crippen LogP) is 2.73. The Bertz CT molecular complexity index is 1030. The van der Waals surface area contributed by atoms with Gasteiger partial charge in [0.25, 0.3) is 5.89 Å². The molecule has 2 aromatic heterocycles. The van der Waals surface area contributed by atoms with Crippen molar-refractivity contribution in [3.8, 4) is 11.5 Å². The number of anilines is 2. The van der Waals surface area contributed by atoms with Crippen molar-refractivity contribution >= 4 is 17.4 Å². The molecule has 0 radical (unpaired) electrons.